The number of carbonyl (C=O) groups excluding carboxylic acids is 12. The third-order valence-corrected chi connectivity index (χ3v) is 12.4. The van der Waals surface area contributed by atoms with Crippen molar-refractivity contribution in [3.8, 4) is 34.5 Å². The van der Waals surface area contributed by atoms with Gasteiger partial charge >= 0.3 is 71.6 Å². The zero-order chi connectivity index (χ0) is 84.6. The molecule has 0 bridgehead atoms. The lowest BCUT2D eigenvalue weighted by atomic mass is 10.0. The lowest BCUT2D eigenvalue weighted by Crippen LogP contribution is -2.28. The van der Waals surface area contributed by atoms with Crippen molar-refractivity contribution in [2.24, 2.45) is 0 Å². The van der Waals surface area contributed by atoms with Gasteiger partial charge in [0.15, 0.2) is 11.5 Å². The molecule has 590 valence electrons. The van der Waals surface area contributed by atoms with Crippen molar-refractivity contribution in [1.29, 1.82) is 0 Å². The van der Waals surface area contributed by atoms with Crippen LogP contribution in [0.4, 0.5) is 0 Å². The summed E-state index contributed by atoms with van der Waals surface area (Å²) in [5.41, 5.74) is 1.76. The number of allylic oxidation sites excluding steroid dienone is 1. The Hall–Kier alpha value is -11.6. The smallest absolute Gasteiger partial charge is 0.343 e. The number of hydrogen-bond donors (Lipinski definition) is 0. The van der Waals surface area contributed by atoms with E-state index >= 15 is 0 Å². The quantitative estimate of drug-likeness (QED) is 0.0474. The van der Waals surface area contributed by atoms with Crippen LogP contribution in [-0.2, 0) is 57.2 Å². The summed E-state index contributed by atoms with van der Waals surface area (Å²) >= 11 is 0. The van der Waals surface area contributed by atoms with Gasteiger partial charge in [-0.05, 0) is 245 Å². The van der Waals surface area contributed by atoms with Crippen LogP contribution in [0.15, 0.2) is 99.6 Å². The third kappa shape index (κ3) is 35.6. The Balaban J connectivity index is 0.000000684. The molecule has 0 saturated carbocycles. The van der Waals surface area contributed by atoms with Crippen LogP contribution in [0.5, 0.6) is 34.5 Å². The van der Waals surface area contributed by atoms with Crippen molar-refractivity contribution >= 4 is 102 Å². The first kappa shape index (κ1) is 95.5. The van der Waals surface area contributed by atoms with Gasteiger partial charge in [0.1, 0.15) is 84.4 Å². The predicted octanol–water partition coefficient (Wildman–Crippen LogP) is 17.9. The Labute approximate surface area is 640 Å². The number of ether oxygens (including phenoxy) is 12. The SMILES string of the molecule is C=C(C)c1ccc(OC(C)=O)c(C(=O)OC(C)(C)C)c1.C=Cc1cc(C)c(OC(C)=O)c(C(=O)OC(C)(C)C)c1.C=Cc1cc(C)c(OC(C)=O)c(C(=O)OC(C)(C)C)c1.C=Cc1cc(OC(C)=O)c(C(=O)OC(C)(C)C)c(C(=O)OC(C)(C)C)c1.C=Cc1cc(OC(C)=O)c(OC(C)=O)c(C(=O)OC(C)(C)C)c1. The molecule has 109 heavy (non-hydrogen) atoms. The summed E-state index contributed by atoms with van der Waals surface area (Å²) in [5.74, 6) is -6.79. The van der Waals surface area contributed by atoms with Gasteiger partial charge in [-0.1, -0.05) is 68.8 Å². The summed E-state index contributed by atoms with van der Waals surface area (Å²) in [6, 6.07) is 17.5. The molecule has 0 atom stereocenters. The minimum Gasteiger partial charge on any atom is -0.456 e. The first-order valence-electron chi connectivity index (χ1n) is 34.1. The number of aryl methyl sites for hydroxylation is 2. The summed E-state index contributed by atoms with van der Waals surface area (Å²) in [6.45, 7) is 62.6. The molecule has 24 heteroatoms. The Kier molecular flexibility index (Phi) is 35.4. The number of carbonyl (C=O) groups is 12. The molecule has 5 aromatic carbocycles. The zero-order valence-corrected chi connectivity index (χ0v) is 68.0. The summed E-state index contributed by atoms with van der Waals surface area (Å²) in [6.07, 6.45) is 6.19. The van der Waals surface area contributed by atoms with Crippen LogP contribution in [0.1, 0.15) is 274 Å². The molecule has 0 aliphatic carbocycles. The molecular formula is C85H106O24. The normalized spacial score (nSPS) is 11.0. The zero-order valence-electron chi connectivity index (χ0n) is 68.0. The summed E-state index contributed by atoms with van der Waals surface area (Å²) in [7, 11) is 0. The molecule has 0 aromatic heterocycles. The average Bonchev–Trinajstić information content (AvgIpc) is 0.806. The Morgan fingerprint density at radius 1 is 0.284 bits per heavy atom. The second-order valence-corrected chi connectivity index (χ2v) is 30.1. The van der Waals surface area contributed by atoms with E-state index in [2.05, 4.69) is 32.9 Å². The highest BCUT2D eigenvalue weighted by Gasteiger charge is 2.33. The highest BCUT2D eigenvalue weighted by molar-refractivity contribution is 6.06. The van der Waals surface area contributed by atoms with Gasteiger partial charge in [0.05, 0.1) is 5.56 Å². The summed E-state index contributed by atoms with van der Waals surface area (Å²) in [5, 5.41) is 0. The van der Waals surface area contributed by atoms with Crippen LogP contribution < -0.4 is 28.4 Å². The van der Waals surface area contributed by atoms with Gasteiger partial charge < -0.3 is 56.8 Å². The van der Waals surface area contributed by atoms with Crippen LogP contribution in [0.2, 0.25) is 0 Å². The first-order valence-corrected chi connectivity index (χ1v) is 34.1. The maximum absolute atomic E-state index is 12.7. The number of rotatable bonds is 17. The van der Waals surface area contributed by atoms with Gasteiger partial charge in [-0.25, -0.2) is 28.8 Å². The van der Waals surface area contributed by atoms with E-state index in [9.17, 15) is 57.5 Å². The molecule has 0 spiro atoms. The molecule has 0 unspecified atom stereocenters. The van der Waals surface area contributed by atoms with Gasteiger partial charge in [-0.2, -0.15) is 0 Å². The number of benzene rings is 5. The van der Waals surface area contributed by atoms with Gasteiger partial charge in [0, 0.05) is 41.5 Å². The first-order chi connectivity index (χ1) is 49.6. The summed E-state index contributed by atoms with van der Waals surface area (Å²) < 4.78 is 62.6. The second kappa shape index (κ2) is 40.4. The highest BCUT2D eigenvalue weighted by atomic mass is 16.6. The second-order valence-electron chi connectivity index (χ2n) is 30.1. The highest BCUT2D eigenvalue weighted by Crippen LogP contribution is 2.37. The summed E-state index contributed by atoms with van der Waals surface area (Å²) in [4.78, 5) is 142. The topological polar surface area (TPSA) is 316 Å². The van der Waals surface area contributed by atoms with Crippen LogP contribution in [0, 0.1) is 13.8 Å². The standard InChI is InChI=1S/C20H26O6.C17H20O6.3C16H20O4/c1-9-13-10-14(17(22)25-19(3,4)5)16(15(11-13)24-12(2)21)18(23)26-20(6,7)8;1-7-12-8-13(16(20)23-17(4,5)6)15(22-11(3)19)14(9-12)21-10(2)18;1-10(2)12-7-8-14(19-11(3)17)13(9-12)15(18)20-16(4,5)6;2*1-7-12-8-10(2)14(19-11(3)17)13(9-12)15(18)20-16(4,5)6/h9-11H,1H2,2-8H3;7-9H,1H2,2-6H3;3*7-9H,1H2,2-6H3. The molecule has 0 heterocycles. The van der Waals surface area contributed by atoms with Crippen molar-refractivity contribution in [3.05, 3.63) is 172 Å². The molecule has 0 radical (unpaired) electrons. The van der Waals surface area contributed by atoms with E-state index in [0.717, 1.165) is 22.3 Å². The fourth-order valence-corrected chi connectivity index (χ4v) is 8.63. The molecular weight excluding hydrogens is 1400 g/mol. The third-order valence-electron chi connectivity index (χ3n) is 12.4. The molecule has 0 saturated heterocycles. The van der Waals surface area contributed by atoms with E-state index in [4.69, 9.17) is 56.8 Å². The van der Waals surface area contributed by atoms with E-state index < -0.39 is 105 Å². The predicted molar refractivity (Wildman–Crippen MR) is 416 cm³/mol. The lowest BCUT2D eigenvalue weighted by Gasteiger charge is -2.23. The molecule has 5 aromatic rings. The Morgan fingerprint density at radius 2 is 0.532 bits per heavy atom. The van der Waals surface area contributed by atoms with Gasteiger partial charge in [-0.3, -0.25) is 28.8 Å². The molecule has 0 fully saturated rings. The molecule has 5 rings (SSSR count). The van der Waals surface area contributed by atoms with E-state index in [1.165, 1.54) is 78.0 Å². The molecule has 0 N–H and O–H groups in total. The van der Waals surface area contributed by atoms with Crippen LogP contribution in [0.3, 0.4) is 0 Å². The lowest BCUT2D eigenvalue weighted by molar-refractivity contribution is -0.134. The Bertz CT molecular complexity index is 4200. The van der Waals surface area contributed by atoms with E-state index in [1.807, 2.05) is 6.92 Å². The van der Waals surface area contributed by atoms with Gasteiger partial charge in [0.25, 0.3) is 0 Å². The Morgan fingerprint density at radius 3 is 0.835 bits per heavy atom. The van der Waals surface area contributed by atoms with Gasteiger partial charge in [0.2, 0.25) is 0 Å². The maximum atomic E-state index is 12.7. The molecule has 24 nitrogen and oxygen atoms in total. The monoisotopic (exact) mass is 1510 g/mol. The maximum Gasteiger partial charge on any atom is 0.343 e. The fourth-order valence-electron chi connectivity index (χ4n) is 8.63. The minimum atomic E-state index is -0.799. The van der Waals surface area contributed by atoms with Crippen molar-refractivity contribution in [2.45, 2.75) is 221 Å². The van der Waals surface area contributed by atoms with E-state index in [-0.39, 0.29) is 67.9 Å². The van der Waals surface area contributed by atoms with E-state index in [1.54, 1.807) is 193 Å². The largest absolute Gasteiger partial charge is 0.456 e. The van der Waals surface area contributed by atoms with Crippen molar-refractivity contribution in [1.82, 2.24) is 0 Å². The van der Waals surface area contributed by atoms with E-state index in [0.29, 0.717) is 22.3 Å². The average molecular weight is 1510 g/mol. The van der Waals surface area contributed by atoms with Crippen LogP contribution in [-0.4, -0.2) is 105 Å². The molecule has 0 amide bonds. The van der Waals surface area contributed by atoms with Gasteiger partial charge in [-0.15, -0.1) is 0 Å². The number of esters is 12. The fraction of sp³-hybridized carbons (Fsp3) is 0.388. The van der Waals surface area contributed by atoms with Crippen LogP contribution in [0.25, 0.3) is 29.9 Å². The molecule has 0 aliphatic heterocycles. The van der Waals surface area contributed by atoms with Crippen LogP contribution >= 0.6 is 0 Å². The van der Waals surface area contributed by atoms with Crippen molar-refractivity contribution < 1.29 is 114 Å². The number of hydrogen-bond acceptors (Lipinski definition) is 24. The minimum absolute atomic E-state index is 0.0243. The molecule has 0 aliphatic rings. The van der Waals surface area contributed by atoms with Crippen molar-refractivity contribution in [2.75, 3.05) is 0 Å². The van der Waals surface area contributed by atoms with Crippen molar-refractivity contribution in [3.63, 3.8) is 0 Å².